The number of nitrogens with zero attached hydrogens (tertiary/aromatic N) is 3. The Balaban J connectivity index is 1.72. The van der Waals surface area contributed by atoms with E-state index >= 15 is 0 Å². The van der Waals surface area contributed by atoms with Gasteiger partial charge in [0.2, 0.25) is 5.91 Å². The minimum absolute atomic E-state index is 0.0398. The zero-order valence-corrected chi connectivity index (χ0v) is 15.5. The number of nitrogens with one attached hydrogen (secondary N) is 1. The molecule has 0 bridgehead atoms. The number of carbonyl (C=O) groups excluding carboxylic acids is 1. The summed E-state index contributed by atoms with van der Waals surface area (Å²) < 4.78 is 2.09. The Morgan fingerprint density at radius 1 is 1.46 bits per heavy atom. The third-order valence-electron chi connectivity index (χ3n) is 4.18. The van der Waals surface area contributed by atoms with Crippen molar-refractivity contribution in [3.05, 3.63) is 39.6 Å². The van der Waals surface area contributed by atoms with E-state index in [0.717, 1.165) is 35.5 Å². The molecule has 1 aliphatic rings. The van der Waals surface area contributed by atoms with Gasteiger partial charge in [0, 0.05) is 22.7 Å². The predicted octanol–water partition coefficient (Wildman–Crippen LogP) is 3.61. The van der Waals surface area contributed by atoms with Crippen LogP contribution in [0.3, 0.4) is 0 Å². The molecule has 3 rings (SSSR count). The second-order valence-electron chi connectivity index (χ2n) is 7.21. The van der Waals surface area contributed by atoms with Crippen molar-refractivity contribution in [1.29, 1.82) is 0 Å². The lowest BCUT2D eigenvalue weighted by atomic mass is 9.92. The van der Waals surface area contributed by atoms with Gasteiger partial charge in [-0.15, -0.1) is 11.3 Å². The normalized spacial score (nSPS) is 17.9. The van der Waals surface area contributed by atoms with E-state index in [2.05, 4.69) is 40.9 Å². The molecule has 0 radical (unpaired) electrons. The number of amides is 1. The molecule has 0 saturated carbocycles. The Labute approximate surface area is 146 Å². The first-order valence-electron chi connectivity index (χ1n) is 8.32. The van der Waals surface area contributed by atoms with Crippen molar-refractivity contribution in [1.82, 2.24) is 20.1 Å². The number of hydrogen-bond acceptors (Lipinski definition) is 4. The first-order chi connectivity index (χ1) is 11.3. The van der Waals surface area contributed by atoms with Crippen molar-refractivity contribution in [2.24, 2.45) is 0 Å². The number of aromatic nitrogens is 3. The van der Waals surface area contributed by atoms with E-state index in [1.807, 2.05) is 18.5 Å². The van der Waals surface area contributed by atoms with Crippen molar-refractivity contribution < 1.29 is 4.79 Å². The zero-order chi connectivity index (χ0) is 17.3. The second-order valence-corrected chi connectivity index (χ2v) is 8.27. The molecule has 0 unspecified atom stereocenters. The summed E-state index contributed by atoms with van der Waals surface area (Å²) in [5.41, 5.74) is 3.19. The molecule has 6 heteroatoms. The Hall–Kier alpha value is -1.95. The van der Waals surface area contributed by atoms with Crippen molar-refractivity contribution in [2.75, 3.05) is 0 Å². The number of thiazole rings is 1. The lowest BCUT2D eigenvalue weighted by Crippen LogP contribution is -2.31. The van der Waals surface area contributed by atoms with Gasteiger partial charge in [-0.05, 0) is 53.0 Å². The lowest BCUT2D eigenvalue weighted by molar-refractivity contribution is -0.117. The van der Waals surface area contributed by atoms with Gasteiger partial charge in [0.1, 0.15) is 0 Å². The molecule has 0 fully saturated rings. The van der Waals surface area contributed by atoms with Gasteiger partial charge in [-0.2, -0.15) is 5.10 Å². The van der Waals surface area contributed by atoms with Crippen LogP contribution >= 0.6 is 11.3 Å². The maximum atomic E-state index is 12.3. The van der Waals surface area contributed by atoms with Gasteiger partial charge in [0.05, 0.1) is 28.5 Å². The van der Waals surface area contributed by atoms with Gasteiger partial charge in [0.15, 0.2) is 0 Å². The Morgan fingerprint density at radius 3 is 2.92 bits per heavy atom. The largest absolute Gasteiger partial charge is 0.346 e. The van der Waals surface area contributed by atoms with Crippen LogP contribution in [0.15, 0.2) is 17.7 Å². The molecule has 1 N–H and O–H groups in total. The monoisotopic (exact) mass is 344 g/mol. The van der Waals surface area contributed by atoms with Crippen molar-refractivity contribution in [3.63, 3.8) is 0 Å². The lowest BCUT2D eigenvalue weighted by Gasteiger charge is -2.28. The summed E-state index contributed by atoms with van der Waals surface area (Å²) in [5.74, 6) is -0.0815. The first kappa shape index (κ1) is 16.9. The molecule has 24 heavy (non-hydrogen) atoms. The summed E-state index contributed by atoms with van der Waals surface area (Å²) in [6.07, 6.45) is 8.29. The van der Waals surface area contributed by atoms with Crippen LogP contribution in [-0.4, -0.2) is 20.7 Å². The summed E-state index contributed by atoms with van der Waals surface area (Å²) in [4.78, 5) is 16.6. The standard InChI is InChI=1S/C18H24N4OS/c1-12-20-13(11-24-12)8-9-17(23)21-15-6-5-7-16-14(15)10-19-22(16)18(2,3)4/h8-11,15H,5-7H2,1-4H3,(H,21,23)/b9-8+/t15-/m0/s1. The van der Waals surface area contributed by atoms with Crippen LogP contribution in [0, 0.1) is 6.92 Å². The van der Waals surface area contributed by atoms with E-state index in [-0.39, 0.29) is 17.5 Å². The third-order valence-corrected chi connectivity index (χ3v) is 4.97. The predicted molar refractivity (Wildman–Crippen MR) is 96.9 cm³/mol. The van der Waals surface area contributed by atoms with Gasteiger partial charge in [-0.25, -0.2) is 4.98 Å². The molecule has 2 aromatic rings. The van der Waals surface area contributed by atoms with E-state index in [0.29, 0.717) is 0 Å². The number of aryl methyl sites for hydroxylation is 1. The molecule has 5 nitrogen and oxygen atoms in total. The molecule has 1 amide bonds. The van der Waals surface area contributed by atoms with Crippen molar-refractivity contribution >= 4 is 23.3 Å². The summed E-state index contributed by atoms with van der Waals surface area (Å²) >= 11 is 1.58. The highest BCUT2D eigenvalue weighted by Gasteiger charge is 2.28. The number of carbonyl (C=O) groups is 1. The molecule has 2 aromatic heterocycles. The molecule has 0 saturated heterocycles. The smallest absolute Gasteiger partial charge is 0.244 e. The summed E-state index contributed by atoms with van der Waals surface area (Å²) in [6, 6.07) is 0.0409. The quantitative estimate of drug-likeness (QED) is 0.865. The number of hydrogen-bond donors (Lipinski definition) is 1. The van der Waals surface area contributed by atoms with E-state index in [1.165, 1.54) is 5.69 Å². The average molecular weight is 344 g/mol. The third kappa shape index (κ3) is 3.59. The zero-order valence-electron chi connectivity index (χ0n) is 14.7. The van der Waals surface area contributed by atoms with Crippen LogP contribution in [0.2, 0.25) is 0 Å². The SMILES string of the molecule is Cc1nc(/C=C/C(=O)N[C@H]2CCCc3c2cnn3C(C)(C)C)cs1. The summed E-state index contributed by atoms with van der Waals surface area (Å²) in [6.45, 7) is 8.42. The van der Waals surface area contributed by atoms with Crippen LogP contribution in [0.5, 0.6) is 0 Å². The number of rotatable bonds is 3. The molecule has 1 atom stereocenters. The highest BCUT2D eigenvalue weighted by atomic mass is 32.1. The van der Waals surface area contributed by atoms with Crippen LogP contribution in [0.25, 0.3) is 6.08 Å². The maximum absolute atomic E-state index is 12.3. The second kappa shape index (κ2) is 6.51. The van der Waals surface area contributed by atoms with E-state index in [4.69, 9.17) is 0 Å². The highest BCUT2D eigenvalue weighted by molar-refractivity contribution is 7.09. The number of fused-ring (bicyclic) bond motifs is 1. The average Bonchev–Trinajstić information content (AvgIpc) is 3.11. The van der Waals surface area contributed by atoms with Crippen LogP contribution in [-0.2, 0) is 16.8 Å². The maximum Gasteiger partial charge on any atom is 0.244 e. The Kier molecular flexibility index (Phi) is 4.58. The fraction of sp³-hybridized carbons (Fsp3) is 0.500. The van der Waals surface area contributed by atoms with E-state index < -0.39 is 0 Å². The minimum Gasteiger partial charge on any atom is -0.346 e. The summed E-state index contributed by atoms with van der Waals surface area (Å²) in [5, 5.41) is 10.6. The van der Waals surface area contributed by atoms with Crippen molar-refractivity contribution in [3.8, 4) is 0 Å². The molecule has 2 heterocycles. The van der Waals surface area contributed by atoms with Crippen molar-refractivity contribution in [2.45, 2.75) is 58.5 Å². The first-order valence-corrected chi connectivity index (χ1v) is 9.20. The van der Waals surface area contributed by atoms with Gasteiger partial charge >= 0.3 is 0 Å². The Bertz CT molecular complexity index is 766. The molecular weight excluding hydrogens is 320 g/mol. The van der Waals surface area contributed by atoms with Crippen LogP contribution < -0.4 is 5.32 Å². The fourth-order valence-corrected chi connectivity index (χ4v) is 3.70. The van der Waals surface area contributed by atoms with E-state index in [9.17, 15) is 4.79 Å². The van der Waals surface area contributed by atoms with Gasteiger partial charge in [0.25, 0.3) is 0 Å². The topological polar surface area (TPSA) is 59.8 Å². The highest BCUT2D eigenvalue weighted by Crippen LogP contribution is 2.32. The van der Waals surface area contributed by atoms with Gasteiger partial charge in [-0.3, -0.25) is 9.48 Å². The molecule has 128 valence electrons. The molecular formula is C18H24N4OS. The van der Waals surface area contributed by atoms with E-state index in [1.54, 1.807) is 23.5 Å². The fourth-order valence-electron chi connectivity index (χ4n) is 3.12. The molecule has 0 aromatic carbocycles. The minimum atomic E-state index is -0.0815. The molecule has 0 aliphatic heterocycles. The Morgan fingerprint density at radius 2 is 2.25 bits per heavy atom. The summed E-state index contributed by atoms with van der Waals surface area (Å²) in [7, 11) is 0. The van der Waals surface area contributed by atoms with Crippen LogP contribution in [0.4, 0.5) is 0 Å². The molecule has 1 aliphatic carbocycles. The van der Waals surface area contributed by atoms with Gasteiger partial charge < -0.3 is 5.32 Å². The van der Waals surface area contributed by atoms with Gasteiger partial charge in [-0.1, -0.05) is 0 Å². The molecule has 0 spiro atoms. The van der Waals surface area contributed by atoms with Crippen LogP contribution in [0.1, 0.15) is 61.6 Å².